The van der Waals surface area contributed by atoms with E-state index in [9.17, 15) is 9.59 Å². The van der Waals surface area contributed by atoms with Crippen molar-refractivity contribution in [1.29, 1.82) is 0 Å². The van der Waals surface area contributed by atoms with Crippen LogP contribution in [0.15, 0.2) is 45.3 Å². The maximum absolute atomic E-state index is 12.2. The molecule has 29 heavy (non-hydrogen) atoms. The number of carbonyl (C=O) groups is 2. The number of hydrazine groups is 1. The minimum absolute atomic E-state index is 0.271. The second kappa shape index (κ2) is 11.4. The van der Waals surface area contributed by atoms with Crippen LogP contribution in [0.4, 0.5) is 0 Å². The first-order valence-electron chi connectivity index (χ1n) is 8.85. The highest BCUT2D eigenvalue weighted by atomic mass is 79.9. The second-order valence-electron chi connectivity index (χ2n) is 6.54. The average Bonchev–Trinajstić information content (AvgIpc) is 2.66. The van der Waals surface area contributed by atoms with Gasteiger partial charge in [-0.1, -0.05) is 25.4 Å². The predicted octanol–water partition coefficient (Wildman–Crippen LogP) is 5.13. The number of amides is 2. The van der Waals surface area contributed by atoms with E-state index >= 15 is 0 Å². The van der Waals surface area contributed by atoms with Gasteiger partial charge in [0.2, 0.25) is 0 Å². The number of hydrogen-bond acceptors (Lipinski definition) is 4. The summed E-state index contributed by atoms with van der Waals surface area (Å²) >= 11 is 12.6. The van der Waals surface area contributed by atoms with Gasteiger partial charge in [0.05, 0.1) is 15.6 Å². The zero-order valence-corrected chi connectivity index (χ0v) is 19.9. The molecule has 0 spiro atoms. The van der Waals surface area contributed by atoms with E-state index in [1.54, 1.807) is 36.4 Å². The summed E-state index contributed by atoms with van der Waals surface area (Å²) in [5.74, 6) is 0.710. The van der Waals surface area contributed by atoms with Crippen LogP contribution in [0, 0.1) is 5.92 Å². The normalized spacial score (nSPS) is 10.6. The summed E-state index contributed by atoms with van der Waals surface area (Å²) < 4.78 is 12.4. The number of rotatable bonds is 8. The highest BCUT2D eigenvalue weighted by Crippen LogP contribution is 2.28. The van der Waals surface area contributed by atoms with Crippen molar-refractivity contribution in [1.82, 2.24) is 10.9 Å². The molecule has 2 aromatic rings. The monoisotopic (exact) mass is 546 g/mol. The Bertz CT molecular complexity index is 878. The van der Waals surface area contributed by atoms with Crippen LogP contribution in [0.25, 0.3) is 0 Å². The zero-order chi connectivity index (χ0) is 21.4. The summed E-state index contributed by atoms with van der Waals surface area (Å²) in [4.78, 5) is 24.1. The lowest BCUT2D eigenvalue weighted by Gasteiger charge is -2.12. The average molecular weight is 549 g/mol. The molecule has 9 heteroatoms. The predicted molar refractivity (Wildman–Crippen MR) is 119 cm³/mol. The molecule has 0 aliphatic rings. The molecule has 2 amide bonds. The van der Waals surface area contributed by atoms with Gasteiger partial charge in [-0.25, -0.2) is 0 Å². The van der Waals surface area contributed by atoms with Crippen molar-refractivity contribution in [2.24, 2.45) is 5.92 Å². The molecule has 2 aromatic carbocycles. The highest BCUT2D eigenvalue weighted by Gasteiger charge is 2.12. The van der Waals surface area contributed by atoms with Gasteiger partial charge in [-0.3, -0.25) is 20.4 Å². The van der Waals surface area contributed by atoms with E-state index < -0.39 is 11.8 Å². The quantitative estimate of drug-likeness (QED) is 0.449. The van der Waals surface area contributed by atoms with Crippen LogP contribution in [-0.2, 0) is 4.79 Å². The number of hydrogen-bond donors (Lipinski definition) is 2. The summed E-state index contributed by atoms with van der Waals surface area (Å²) in [7, 11) is 0. The van der Waals surface area contributed by atoms with Crippen molar-refractivity contribution in [3.63, 3.8) is 0 Å². The van der Waals surface area contributed by atoms with E-state index in [0.29, 0.717) is 43.6 Å². The fourth-order valence-electron chi connectivity index (χ4n) is 2.13. The van der Waals surface area contributed by atoms with Gasteiger partial charge in [0, 0.05) is 10.6 Å². The van der Waals surface area contributed by atoms with Crippen molar-refractivity contribution in [3.8, 4) is 11.5 Å². The molecule has 0 unspecified atom stereocenters. The summed E-state index contributed by atoms with van der Waals surface area (Å²) in [6.45, 7) is 4.58. The lowest BCUT2D eigenvalue weighted by atomic mass is 10.1. The lowest BCUT2D eigenvalue weighted by molar-refractivity contribution is -0.123. The van der Waals surface area contributed by atoms with Gasteiger partial charge in [-0.05, 0) is 80.6 Å². The van der Waals surface area contributed by atoms with Crippen molar-refractivity contribution in [2.45, 2.75) is 20.3 Å². The Hall–Kier alpha value is -1.77. The molecule has 0 aromatic heterocycles. The number of benzene rings is 2. The number of carbonyl (C=O) groups excluding carboxylic acids is 2. The van der Waals surface area contributed by atoms with Gasteiger partial charge < -0.3 is 9.47 Å². The molecule has 2 N–H and O–H groups in total. The molecule has 0 atom stereocenters. The van der Waals surface area contributed by atoms with Crippen molar-refractivity contribution in [2.75, 3.05) is 13.2 Å². The number of nitrogens with one attached hydrogen (secondary N) is 2. The van der Waals surface area contributed by atoms with E-state index in [1.165, 1.54) is 0 Å². The third-order valence-electron chi connectivity index (χ3n) is 3.71. The molecule has 6 nitrogen and oxygen atoms in total. The lowest BCUT2D eigenvalue weighted by Crippen LogP contribution is -2.43. The Kier molecular flexibility index (Phi) is 9.26. The summed E-state index contributed by atoms with van der Waals surface area (Å²) in [6, 6.07) is 9.91. The molecule has 2 rings (SSSR count). The molecule has 0 heterocycles. The molecule has 0 aliphatic heterocycles. The van der Waals surface area contributed by atoms with Gasteiger partial charge in [0.25, 0.3) is 11.8 Å². The van der Waals surface area contributed by atoms with Gasteiger partial charge in [0.15, 0.2) is 6.61 Å². The zero-order valence-electron chi connectivity index (χ0n) is 15.9. The fraction of sp³-hybridized carbons (Fsp3) is 0.300. The summed E-state index contributed by atoms with van der Waals surface area (Å²) in [6.07, 6.45) is 0.940. The van der Waals surface area contributed by atoms with E-state index in [2.05, 4.69) is 56.6 Å². The fourth-order valence-corrected chi connectivity index (χ4v) is 3.42. The molecule has 0 aliphatic carbocycles. The van der Waals surface area contributed by atoms with Crippen LogP contribution in [0.1, 0.15) is 30.6 Å². The van der Waals surface area contributed by atoms with Crippen LogP contribution < -0.4 is 20.3 Å². The Morgan fingerprint density at radius 1 is 1.00 bits per heavy atom. The SMILES string of the molecule is CC(C)CCOc1ccc(C(=O)NNC(=O)COc2ccc(Cl)cc2Br)cc1Br. The molecule has 0 saturated carbocycles. The van der Waals surface area contributed by atoms with E-state index in [-0.39, 0.29) is 6.61 Å². The first-order chi connectivity index (χ1) is 13.8. The highest BCUT2D eigenvalue weighted by molar-refractivity contribution is 9.10. The molecule has 0 fully saturated rings. The van der Waals surface area contributed by atoms with Gasteiger partial charge in [0.1, 0.15) is 11.5 Å². The van der Waals surface area contributed by atoms with Crippen molar-refractivity contribution < 1.29 is 19.1 Å². The Morgan fingerprint density at radius 2 is 1.66 bits per heavy atom. The van der Waals surface area contributed by atoms with Gasteiger partial charge >= 0.3 is 0 Å². The first kappa shape index (κ1) is 23.5. The number of ether oxygens (including phenoxy) is 2. The Labute approximate surface area is 191 Å². The van der Waals surface area contributed by atoms with Crippen LogP contribution in [-0.4, -0.2) is 25.0 Å². The maximum Gasteiger partial charge on any atom is 0.276 e. The molecule has 0 radical (unpaired) electrons. The molecule has 0 saturated heterocycles. The minimum Gasteiger partial charge on any atom is -0.492 e. The minimum atomic E-state index is -0.507. The summed E-state index contributed by atoms with van der Waals surface area (Å²) in [5, 5.41) is 0.545. The molecule has 0 bridgehead atoms. The van der Waals surface area contributed by atoms with Crippen LogP contribution in [0.2, 0.25) is 5.02 Å². The molecular weight excluding hydrogens is 527 g/mol. The third kappa shape index (κ3) is 7.87. The maximum atomic E-state index is 12.2. The largest absolute Gasteiger partial charge is 0.492 e. The van der Waals surface area contributed by atoms with Crippen molar-refractivity contribution >= 4 is 55.3 Å². The van der Waals surface area contributed by atoms with Crippen LogP contribution in [0.5, 0.6) is 11.5 Å². The van der Waals surface area contributed by atoms with E-state index in [0.717, 1.165) is 6.42 Å². The van der Waals surface area contributed by atoms with E-state index in [1.807, 2.05) is 0 Å². The van der Waals surface area contributed by atoms with Crippen LogP contribution >= 0.6 is 43.5 Å². The first-order valence-corrected chi connectivity index (χ1v) is 10.8. The second-order valence-corrected chi connectivity index (χ2v) is 8.69. The summed E-state index contributed by atoms with van der Waals surface area (Å²) in [5.41, 5.74) is 5.03. The third-order valence-corrected chi connectivity index (χ3v) is 5.19. The molecule has 156 valence electrons. The molecular formula is C20H21Br2ClN2O4. The Morgan fingerprint density at radius 3 is 2.31 bits per heavy atom. The van der Waals surface area contributed by atoms with Crippen LogP contribution in [0.3, 0.4) is 0 Å². The van der Waals surface area contributed by atoms with Gasteiger partial charge in [-0.15, -0.1) is 0 Å². The van der Waals surface area contributed by atoms with E-state index in [4.69, 9.17) is 21.1 Å². The topological polar surface area (TPSA) is 76.7 Å². The van der Waals surface area contributed by atoms with Crippen molar-refractivity contribution in [3.05, 3.63) is 55.9 Å². The smallest absolute Gasteiger partial charge is 0.276 e. The Balaban J connectivity index is 1.82. The van der Waals surface area contributed by atoms with Gasteiger partial charge in [-0.2, -0.15) is 0 Å². The number of halogens is 3. The standard InChI is InChI=1S/C20H21Br2ClN2O4/c1-12(2)7-8-28-17-5-3-13(9-15(17)21)20(27)25-24-19(26)11-29-18-6-4-14(23)10-16(18)22/h3-6,9-10,12H,7-8,11H2,1-2H3,(H,24,26)(H,25,27).